The summed E-state index contributed by atoms with van der Waals surface area (Å²) in [7, 11) is 1.95. The minimum absolute atomic E-state index is 0.0693. The van der Waals surface area contributed by atoms with E-state index in [0.717, 1.165) is 25.1 Å². The van der Waals surface area contributed by atoms with E-state index in [4.69, 9.17) is 5.73 Å². The number of carbonyl (C=O) groups excluding carboxylic acids is 1. The van der Waals surface area contributed by atoms with Gasteiger partial charge in [-0.3, -0.25) is 4.79 Å². The Hall–Kier alpha value is -1.36. The molecule has 1 fully saturated rings. The minimum atomic E-state index is -0.397. The van der Waals surface area contributed by atoms with E-state index in [9.17, 15) is 4.79 Å². The Kier molecular flexibility index (Phi) is 4.24. The number of hydrogen-bond acceptors (Lipinski definition) is 3. The summed E-state index contributed by atoms with van der Waals surface area (Å²) in [5, 5.41) is 0. The third kappa shape index (κ3) is 3.15. The van der Waals surface area contributed by atoms with Crippen molar-refractivity contribution in [2.24, 2.45) is 18.7 Å². The van der Waals surface area contributed by atoms with E-state index in [-0.39, 0.29) is 11.8 Å². The lowest BCUT2D eigenvalue weighted by Crippen LogP contribution is -2.47. The van der Waals surface area contributed by atoms with Gasteiger partial charge in [0.15, 0.2) is 0 Å². The molecule has 2 atom stereocenters. The number of amides is 1. The summed E-state index contributed by atoms with van der Waals surface area (Å²) in [6.45, 7) is 4.67. The van der Waals surface area contributed by atoms with Crippen LogP contribution in [0.3, 0.4) is 0 Å². The molecule has 0 saturated heterocycles. The Labute approximate surface area is 114 Å². The summed E-state index contributed by atoms with van der Waals surface area (Å²) >= 11 is 0. The fourth-order valence-electron chi connectivity index (χ4n) is 2.16. The SMILES string of the molecule is CCC(C)C(N)C(=O)N(Cc1nccn1C)C1CC1. The number of nitrogens with two attached hydrogens (primary N) is 1. The molecule has 5 nitrogen and oxygen atoms in total. The zero-order valence-electron chi connectivity index (χ0n) is 12.0. The van der Waals surface area contributed by atoms with Crippen molar-refractivity contribution in [3.63, 3.8) is 0 Å². The summed E-state index contributed by atoms with van der Waals surface area (Å²) in [6, 6.07) is -0.0369. The number of imidazole rings is 1. The Morgan fingerprint density at radius 3 is 2.79 bits per heavy atom. The van der Waals surface area contributed by atoms with E-state index in [1.165, 1.54) is 0 Å². The first-order chi connectivity index (χ1) is 9.04. The van der Waals surface area contributed by atoms with Crippen LogP contribution in [0, 0.1) is 5.92 Å². The number of carbonyl (C=O) groups is 1. The summed E-state index contributed by atoms with van der Waals surface area (Å²) < 4.78 is 1.96. The van der Waals surface area contributed by atoms with Crippen LogP contribution in [0.15, 0.2) is 12.4 Å². The van der Waals surface area contributed by atoms with Crippen molar-refractivity contribution in [3.05, 3.63) is 18.2 Å². The summed E-state index contributed by atoms with van der Waals surface area (Å²) in [4.78, 5) is 18.7. The van der Waals surface area contributed by atoms with Crippen LogP contribution in [-0.4, -0.2) is 32.4 Å². The molecule has 0 bridgehead atoms. The van der Waals surface area contributed by atoms with Crippen LogP contribution >= 0.6 is 0 Å². The van der Waals surface area contributed by atoms with Crippen molar-refractivity contribution in [1.82, 2.24) is 14.5 Å². The van der Waals surface area contributed by atoms with Gasteiger partial charge in [0.1, 0.15) is 5.82 Å². The number of rotatable bonds is 6. The van der Waals surface area contributed by atoms with Crippen LogP contribution in [0.25, 0.3) is 0 Å². The molecule has 19 heavy (non-hydrogen) atoms. The monoisotopic (exact) mass is 264 g/mol. The van der Waals surface area contributed by atoms with Crippen molar-refractivity contribution >= 4 is 5.91 Å². The molecule has 1 heterocycles. The van der Waals surface area contributed by atoms with Crippen LogP contribution in [0.1, 0.15) is 38.9 Å². The maximum absolute atomic E-state index is 12.5. The molecule has 1 amide bonds. The molecular weight excluding hydrogens is 240 g/mol. The molecule has 0 aliphatic heterocycles. The van der Waals surface area contributed by atoms with Crippen molar-refractivity contribution in [2.45, 2.75) is 51.7 Å². The van der Waals surface area contributed by atoms with Crippen LogP contribution in [0.5, 0.6) is 0 Å². The van der Waals surface area contributed by atoms with Crippen LogP contribution in [-0.2, 0) is 18.4 Å². The van der Waals surface area contributed by atoms with Gasteiger partial charge in [0.25, 0.3) is 0 Å². The van der Waals surface area contributed by atoms with Crippen molar-refractivity contribution < 1.29 is 4.79 Å². The zero-order chi connectivity index (χ0) is 14.0. The zero-order valence-corrected chi connectivity index (χ0v) is 12.0. The maximum Gasteiger partial charge on any atom is 0.240 e. The van der Waals surface area contributed by atoms with Gasteiger partial charge in [0, 0.05) is 25.5 Å². The molecule has 106 valence electrons. The molecule has 1 aromatic rings. The molecular formula is C14H24N4O. The number of aromatic nitrogens is 2. The van der Waals surface area contributed by atoms with E-state index in [0.29, 0.717) is 12.6 Å². The third-order valence-electron chi connectivity index (χ3n) is 4.05. The van der Waals surface area contributed by atoms with Gasteiger partial charge in [-0.1, -0.05) is 20.3 Å². The Bertz CT molecular complexity index is 438. The molecule has 2 N–H and O–H groups in total. The van der Waals surface area contributed by atoms with E-state index < -0.39 is 6.04 Å². The average molecular weight is 264 g/mol. The van der Waals surface area contributed by atoms with Gasteiger partial charge in [-0.2, -0.15) is 0 Å². The third-order valence-corrected chi connectivity index (χ3v) is 4.05. The van der Waals surface area contributed by atoms with Crippen LogP contribution < -0.4 is 5.73 Å². The smallest absolute Gasteiger partial charge is 0.240 e. The minimum Gasteiger partial charge on any atom is -0.337 e. The van der Waals surface area contributed by atoms with Crippen LogP contribution in [0.2, 0.25) is 0 Å². The van der Waals surface area contributed by atoms with Gasteiger partial charge in [-0.15, -0.1) is 0 Å². The standard InChI is InChI=1S/C14H24N4O/c1-4-10(2)13(15)14(19)18(11-5-6-11)9-12-16-7-8-17(12)3/h7-8,10-11,13H,4-6,9,15H2,1-3H3. The quantitative estimate of drug-likeness (QED) is 0.842. The van der Waals surface area contributed by atoms with Gasteiger partial charge in [-0.05, 0) is 18.8 Å². The molecule has 1 aromatic heterocycles. The predicted molar refractivity (Wildman–Crippen MR) is 74.2 cm³/mol. The number of nitrogens with zero attached hydrogens (tertiary/aromatic N) is 3. The fraction of sp³-hybridized carbons (Fsp3) is 0.714. The highest BCUT2D eigenvalue weighted by atomic mass is 16.2. The maximum atomic E-state index is 12.5. The Balaban J connectivity index is 2.08. The molecule has 0 radical (unpaired) electrons. The number of aryl methyl sites for hydroxylation is 1. The topological polar surface area (TPSA) is 64.2 Å². The highest BCUT2D eigenvalue weighted by Crippen LogP contribution is 2.29. The molecule has 1 aliphatic rings. The highest BCUT2D eigenvalue weighted by molar-refractivity contribution is 5.82. The molecule has 5 heteroatoms. The van der Waals surface area contributed by atoms with E-state index in [1.807, 2.05) is 29.6 Å². The lowest BCUT2D eigenvalue weighted by molar-refractivity contribution is -0.135. The van der Waals surface area contributed by atoms with E-state index >= 15 is 0 Å². The summed E-state index contributed by atoms with van der Waals surface area (Å²) in [5.74, 6) is 1.20. The Morgan fingerprint density at radius 2 is 2.32 bits per heavy atom. The average Bonchev–Trinajstić information content (AvgIpc) is 3.17. The first-order valence-corrected chi connectivity index (χ1v) is 7.06. The van der Waals surface area contributed by atoms with Crippen molar-refractivity contribution in [2.75, 3.05) is 0 Å². The normalized spacial score (nSPS) is 18.1. The second-order valence-corrected chi connectivity index (χ2v) is 5.56. The molecule has 2 rings (SSSR count). The van der Waals surface area contributed by atoms with Gasteiger partial charge < -0.3 is 15.2 Å². The molecule has 1 aliphatic carbocycles. The van der Waals surface area contributed by atoms with Gasteiger partial charge >= 0.3 is 0 Å². The molecule has 0 spiro atoms. The van der Waals surface area contributed by atoms with Crippen molar-refractivity contribution in [1.29, 1.82) is 0 Å². The highest BCUT2D eigenvalue weighted by Gasteiger charge is 2.36. The number of hydrogen-bond donors (Lipinski definition) is 1. The second-order valence-electron chi connectivity index (χ2n) is 5.56. The van der Waals surface area contributed by atoms with Gasteiger partial charge in [0.2, 0.25) is 5.91 Å². The van der Waals surface area contributed by atoms with Crippen LogP contribution in [0.4, 0.5) is 0 Å². The predicted octanol–water partition coefficient (Wildman–Crippen LogP) is 1.28. The molecule has 2 unspecified atom stereocenters. The first-order valence-electron chi connectivity index (χ1n) is 7.06. The van der Waals surface area contributed by atoms with Crippen molar-refractivity contribution in [3.8, 4) is 0 Å². The largest absolute Gasteiger partial charge is 0.337 e. The summed E-state index contributed by atoms with van der Waals surface area (Å²) in [5.41, 5.74) is 6.09. The lowest BCUT2D eigenvalue weighted by Gasteiger charge is -2.27. The van der Waals surface area contributed by atoms with Gasteiger partial charge in [-0.25, -0.2) is 4.98 Å². The fourth-order valence-corrected chi connectivity index (χ4v) is 2.16. The first kappa shape index (κ1) is 14.1. The van der Waals surface area contributed by atoms with E-state index in [1.54, 1.807) is 6.20 Å². The lowest BCUT2D eigenvalue weighted by atomic mass is 9.99. The summed E-state index contributed by atoms with van der Waals surface area (Å²) in [6.07, 6.45) is 6.76. The van der Waals surface area contributed by atoms with Gasteiger partial charge in [0.05, 0.1) is 12.6 Å². The Morgan fingerprint density at radius 1 is 1.63 bits per heavy atom. The molecule has 0 aromatic carbocycles. The molecule has 1 saturated carbocycles. The van der Waals surface area contributed by atoms with E-state index in [2.05, 4.69) is 11.9 Å². The second kappa shape index (κ2) is 5.74.